The van der Waals surface area contributed by atoms with E-state index in [4.69, 9.17) is 0 Å². The largest absolute Gasteiger partial charge is 0.354 e. The van der Waals surface area contributed by atoms with Crippen LogP contribution >= 0.6 is 11.3 Å². The molecule has 0 saturated heterocycles. The first kappa shape index (κ1) is 19.5. The van der Waals surface area contributed by atoms with Crippen LogP contribution in [0.4, 0.5) is 0 Å². The molecule has 0 spiro atoms. The molecule has 1 N–H and O–H groups in total. The minimum Gasteiger partial charge on any atom is -0.354 e. The molecule has 2 heterocycles. The number of hydrogen-bond donors (Lipinski definition) is 1. The molecule has 0 saturated carbocycles. The molecule has 0 bridgehead atoms. The molecule has 7 heteroatoms. The van der Waals surface area contributed by atoms with Gasteiger partial charge in [0.1, 0.15) is 6.54 Å². The summed E-state index contributed by atoms with van der Waals surface area (Å²) in [6.07, 6.45) is 5.79. The Morgan fingerprint density at radius 3 is 2.83 bits per heavy atom. The zero-order valence-corrected chi connectivity index (χ0v) is 17.1. The maximum atomic E-state index is 12.3. The van der Waals surface area contributed by atoms with Crippen LogP contribution in [0.2, 0.25) is 0 Å². The maximum absolute atomic E-state index is 12.3. The van der Waals surface area contributed by atoms with Gasteiger partial charge < -0.3 is 5.32 Å². The van der Waals surface area contributed by atoms with Crippen molar-refractivity contribution >= 4 is 17.2 Å². The number of amides is 1. The highest BCUT2D eigenvalue weighted by molar-refractivity contribution is 7.09. The topological polar surface area (TPSA) is 76.9 Å². The van der Waals surface area contributed by atoms with Gasteiger partial charge in [-0.25, -0.2) is 9.67 Å². The number of aromatic nitrogens is 3. The number of aryl methyl sites for hydroxylation is 2. The molecule has 4 rings (SSSR count). The number of nitrogens with one attached hydrogen (secondary N) is 1. The van der Waals surface area contributed by atoms with E-state index in [1.165, 1.54) is 4.68 Å². The van der Waals surface area contributed by atoms with Gasteiger partial charge >= 0.3 is 0 Å². The predicted molar refractivity (Wildman–Crippen MR) is 114 cm³/mol. The minimum atomic E-state index is -0.201. The minimum absolute atomic E-state index is 0.0424. The number of carbonyl (C=O) groups is 1. The van der Waals surface area contributed by atoms with Gasteiger partial charge in [-0.15, -0.1) is 11.3 Å². The van der Waals surface area contributed by atoms with E-state index in [2.05, 4.69) is 15.4 Å². The Morgan fingerprint density at radius 2 is 1.97 bits per heavy atom. The number of fused-ring (bicyclic) bond motifs is 1. The highest BCUT2D eigenvalue weighted by Crippen LogP contribution is 2.21. The smallest absolute Gasteiger partial charge is 0.267 e. The first-order valence-electron chi connectivity index (χ1n) is 10.1. The lowest BCUT2D eigenvalue weighted by atomic mass is 10.1. The van der Waals surface area contributed by atoms with Crippen molar-refractivity contribution in [1.29, 1.82) is 0 Å². The second kappa shape index (κ2) is 9.13. The molecule has 0 unspecified atom stereocenters. The van der Waals surface area contributed by atoms with Crippen molar-refractivity contribution in [3.05, 3.63) is 68.4 Å². The van der Waals surface area contributed by atoms with Gasteiger partial charge in [0.15, 0.2) is 0 Å². The van der Waals surface area contributed by atoms with Crippen LogP contribution in [-0.2, 0) is 30.6 Å². The van der Waals surface area contributed by atoms with Crippen LogP contribution in [0, 0.1) is 0 Å². The fourth-order valence-electron chi connectivity index (χ4n) is 3.56. The Labute approximate surface area is 173 Å². The van der Waals surface area contributed by atoms with Gasteiger partial charge in [0.25, 0.3) is 5.56 Å². The molecule has 3 aromatic rings. The van der Waals surface area contributed by atoms with Gasteiger partial charge in [0.05, 0.1) is 16.4 Å². The van der Waals surface area contributed by atoms with Crippen LogP contribution in [0.3, 0.4) is 0 Å². The summed E-state index contributed by atoms with van der Waals surface area (Å²) in [4.78, 5) is 29.2. The first-order chi connectivity index (χ1) is 14.2. The lowest BCUT2D eigenvalue weighted by molar-refractivity contribution is -0.121. The van der Waals surface area contributed by atoms with Gasteiger partial charge in [-0.3, -0.25) is 9.59 Å². The van der Waals surface area contributed by atoms with E-state index >= 15 is 0 Å². The quantitative estimate of drug-likeness (QED) is 0.636. The van der Waals surface area contributed by atoms with Gasteiger partial charge in [-0.1, -0.05) is 36.8 Å². The molecule has 1 aliphatic carbocycles. The van der Waals surface area contributed by atoms with Gasteiger partial charge in [-0.2, -0.15) is 5.10 Å². The second-order valence-electron chi connectivity index (χ2n) is 7.27. The van der Waals surface area contributed by atoms with Crippen LogP contribution in [0.1, 0.15) is 35.5 Å². The van der Waals surface area contributed by atoms with E-state index in [-0.39, 0.29) is 18.0 Å². The Morgan fingerprint density at radius 1 is 1.14 bits per heavy atom. The zero-order valence-electron chi connectivity index (χ0n) is 16.3. The Kier molecular flexibility index (Phi) is 6.14. The summed E-state index contributed by atoms with van der Waals surface area (Å²) in [5.41, 5.74) is 3.85. The van der Waals surface area contributed by atoms with E-state index in [0.29, 0.717) is 13.0 Å². The summed E-state index contributed by atoms with van der Waals surface area (Å²) in [6, 6.07) is 11.7. The summed E-state index contributed by atoms with van der Waals surface area (Å²) in [7, 11) is 0. The number of rotatable bonds is 6. The number of benzene rings is 1. The van der Waals surface area contributed by atoms with Crippen LogP contribution < -0.4 is 10.9 Å². The molecule has 1 amide bonds. The lowest BCUT2D eigenvalue weighted by Gasteiger charge is -2.10. The molecule has 0 fully saturated rings. The van der Waals surface area contributed by atoms with Crippen molar-refractivity contribution in [3.63, 3.8) is 0 Å². The molecular weight excluding hydrogens is 384 g/mol. The van der Waals surface area contributed by atoms with Crippen molar-refractivity contribution in [1.82, 2.24) is 20.1 Å². The van der Waals surface area contributed by atoms with E-state index in [9.17, 15) is 9.59 Å². The fraction of sp³-hybridized carbons (Fsp3) is 0.364. The van der Waals surface area contributed by atoms with E-state index < -0.39 is 0 Å². The summed E-state index contributed by atoms with van der Waals surface area (Å²) >= 11 is 1.59. The molecule has 6 nitrogen and oxygen atoms in total. The predicted octanol–water partition coefficient (Wildman–Crippen LogP) is 2.99. The van der Waals surface area contributed by atoms with Crippen LogP contribution in [0.25, 0.3) is 11.3 Å². The monoisotopic (exact) mass is 408 g/mol. The molecule has 1 aromatic carbocycles. The van der Waals surface area contributed by atoms with Crippen molar-refractivity contribution in [2.45, 2.75) is 45.1 Å². The van der Waals surface area contributed by atoms with Crippen molar-refractivity contribution in [3.8, 4) is 11.3 Å². The van der Waals surface area contributed by atoms with Crippen LogP contribution in [0.15, 0.2) is 46.6 Å². The van der Waals surface area contributed by atoms with E-state index in [1.807, 2.05) is 35.7 Å². The van der Waals surface area contributed by atoms with Crippen LogP contribution in [0.5, 0.6) is 0 Å². The third-order valence-electron chi connectivity index (χ3n) is 5.10. The Hall–Kier alpha value is -2.80. The number of carbonyl (C=O) groups excluding carboxylic acids is 1. The van der Waals surface area contributed by atoms with Gasteiger partial charge in [0, 0.05) is 30.0 Å². The summed E-state index contributed by atoms with van der Waals surface area (Å²) < 4.78 is 1.29. The van der Waals surface area contributed by atoms with E-state index in [1.54, 1.807) is 17.4 Å². The molecule has 150 valence electrons. The average molecular weight is 409 g/mol. The molecule has 2 aromatic heterocycles. The molecule has 0 radical (unpaired) electrons. The first-order valence-corrected chi connectivity index (χ1v) is 10.9. The third-order valence-corrected chi connectivity index (χ3v) is 6.01. The number of thiazole rings is 1. The summed E-state index contributed by atoms with van der Waals surface area (Å²) in [5.74, 6) is -0.201. The highest BCUT2D eigenvalue weighted by Gasteiger charge is 2.14. The Bertz CT molecular complexity index is 1040. The molecular formula is C22H24N4O2S. The molecule has 0 aliphatic heterocycles. The molecule has 29 heavy (non-hydrogen) atoms. The second-order valence-corrected chi connectivity index (χ2v) is 8.21. The van der Waals surface area contributed by atoms with Crippen molar-refractivity contribution in [2.24, 2.45) is 0 Å². The zero-order chi connectivity index (χ0) is 20.1. The summed E-state index contributed by atoms with van der Waals surface area (Å²) in [6.45, 7) is 0.444. The highest BCUT2D eigenvalue weighted by atomic mass is 32.1. The Balaban J connectivity index is 1.31. The number of hydrogen-bond acceptors (Lipinski definition) is 5. The number of nitrogens with zero attached hydrogens (tertiary/aromatic N) is 3. The SMILES string of the molecule is O=C(Cn1nc2c(cc1=O)CCCCC2)NCCc1nc(-c2ccccc2)cs1. The normalized spacial score (nSPS) is 13.5. The fourth-order valence-corrected chi connectivity index (χ4v) is 4.37. The third kappa shape index (κ3) is 4.98. The average Bonchev–Trinajstić information content (AvgIpc) is 3.08. The standard InChI is InChI=1S/C22H24N4O2S/c27-20(14-26-22(28)13-17-9-5-2-6-10-18(17)25-26)23-12-11-21-24-19(15-29-21)16-7-3-1-4-8-16/h1,3-4,7-8,13,15H,2,5-6,9-12,14H2,(H,23,27). The molecule has 1 aliphatic rings. The van der Waals surface area contributed by atoms with Crippen molar-refractivity contribution in [2.75, 3.05) is 6.54 Å². The van der Waals surface area contributed by atoms with Crippen LogP contribution in [-0.4, -0.2) is 27.2 Å². The maximum Gasteiger partial charge on any atom is 0.267 e. The van der Waals surface area contributed by atoms with Gasteiger partial charge in [-0.05, 0) is 31.2 Å². The lowest BCUT2D eigenvalue weighted by Crippen LogP contribution is -2.35. The molecule has 0 atom stereocenters. The summed E-state index contributed by atoms with van der Waals surface area (Å²) in [5, 5.41) is 10.3. The van der Waals surface area contributed by atoms with E-state index in [0.717, 1.165) is 59.6 Å². The van der Waals surface area contributed by atoms with Crippen molar-refractivity contribution < 1.29 is 4.79 Å². The van der Waals surface area contributed by atoms with Gasteiger partial charge in [0.2, 0.25) is 5.91 Å².